The van der Waals surface area contributed by atoms with Crippen LogP contribution in [0.25, 0.3) is 0 Å². The minimum Gasteiger partial charge on any atom is -0.494 e. The van der Waals surface area contributed by atoms with Gasteiger partial charge in [0, 0.05) is 29.2 Å². The van der Waals surface area contributed by atoms with E-state index >= 15 is 0 Å². The lowest BCUT2D eigenvalue weighted by Gasteiger charge is -2.11. The second-order valence-electron chi connectivity index (χ2n) is 5.04. The summed E-state index contributed by atoms with van der Waals surface area (Å²) in [6.07, 6.45) is 5.82. The first kappa shape index (κ1) is 15.0. The van der Waals surface area contributed by atoms with Crippen LogP contribution in [-0.2, 0) is 4.79 Å². The summed E-state index contributed by atoms with van der Waals surface area (Å²) in [5.41, 5.74) is 6.99. The summed E-state index contributed by atoms with van der Waals surface area (Å²) >= 11 is 1.92. The van der Waals surface area contributed by atoms with Crippen molar-refractivity contribution in [2.75, 3.05) is 23.9 Å². The normalized spacial score (nSPS) is 15.2. The van der Waals surface area contributed by atoms with Crippen LogP contribution in [0.4, 0.5) is 11.4 Å². The van der Waals surface area contributed by atoms with Crippen LogP contribution in [0, 0.1) is 0 Å². The van der Waals surface area contributed by atoms with E-state index in [0.717, 1.165) is 11.0 Å². The second kappa shape index (κ2) is 7.43. The summed E-state index contributed by atoms with van der Waals surface area (Å²) in [7, 11) is 1.57. The SMILES string of the molecule is COc1cc(N)ccc1NC(=O)CCSC1CCCC1. The molecule has 1 aliphatic rings. The number of nitrogens with two attached hydrogens (primary N) is 1. The van der Waals surface area contributed by atoms with E-state index in [-0.39, 0.29) is 5.91 Å². The van der Waals surface area contributed by atoms with Gasteiger partial charge in [-0.25, -0.2) is 0 Å². The lowest BCUT2D eigenvalue weighted by molar-refractivity contribution is -0.115. The molecule has 1 aromatic rings. The van der Waals surface area contributed by atoms with Gasteiger partial charge < -0.3 is 15.8 Å². The largest absolute Gasteiger partial charge is 0.494 e. The van der Waals surface area contributed by atoms with Gasteiger partial charge in [0.15, 0.2) is 0 Å². The van der Waals surface area contributed by atoms with Crippen molar-refractivity contribution in [1.82, 2.24) is 0 Å². The van der Waals surface area contributed by atoms with Gasteiger partial charge in [0.1, 0.15) is 5.75 Å². The third kappa shape index (κ3) is 4.34. The minimum atomic E-state index is 0.0265. The fourth-order valence-electron chi connectivity index (χ4n) is 2.40. The van der Waals surface area contributed by atoms with Crippen LogP contribution in [-0.4, -0.2) is 24.0 Å². The van der Waals surface area contributed by atoms with Crippen LogP contribution in [0.3, 0.4) is 0 Å². The first-order valence-electron chi connectivity index (χ1n) is 7.04. The molecule has 0 aliphatic heterocycles. The van der Waals surface area contributed by atoms with Crippen molar-refractivity contribution >= 4 is 29.0 Å². The number of rotatable bonds is 6. The molecule has 2 rings (SSSR count). The van der Waals surface area contributed by atoms with E-state index in [1.165, 1.54) is 25.7 Å². The Morgan fingerprint density at radius 1 is 1.45 bits per heavy atom. The van der Waals surface area contributed by atoms with Gasteiger partial charge in [-0.15, -0.1) is 0 Å². The van der Waals surface area contributed by atoms with E-state index in [1.807, 2.05) is 11.8 Å². The Kier molecular flexibility index (Phi) is 5.59. The number of hydrogen-bond acceptors (Lipinski definition) is 4. The van der Waals surface area contributed by atoms with Crippen LogP contribution in [0.15, 0.2) is 18.2 Å². The van der Waals surface area contributed by atoms with Gasteiger partial charge in [-0.2, -0.15) is 11.8 Å². The number of hydrogen-bond donors (Lipinski definition) is 2. The zero-order valence-electron chi connectivity index (χ0n) is 11.9. The highest BCUT2D eigenvalue weighted by atomic mass is 32.2. The molecule has 0 heterocycles. The number of benzene rings is 1. The molecule has 0 radical (unpaired) electrons. The monoisotopic (exact) mass is 294 g/mol. The summed E-state index contributed by atoms with van der Waals surface area (Å²) in [6, 6.07) is 5.24. The average molecular weight is 294 g/mol. The summed E-state index contributed by atoms with van der Waals surface area (Å²) in [4.78, 5) is 11.9. The van der Waals surface area contributed by atoms with Crippen molar-refractivity contribution in [2.24, 2.45) is 0 Å². The number of amides is 1. The Labute approximate surface area is 124 Å². The van der Waals surface area contributed by atoms with Gasteiger partial charge in [0.2, 0.25) is 5.91 Å². The maximum atomic E-state index is 11.9. The molecule has 0 atom stereocenters. The van der Waals surface area contributed by atoms with Crippen molar-refractivity contribution in [3.8, 4) is 5.75 Å². The molecule has 1 saturated carbocycles. The second-order valence-corrected chi connectivity index (χ2v) is 6.44. The Hall–Kier alpha value is -1.36. The van der Waals surface area contributed by atoms with Crippen molar-refractivity contribution in [3.05, 3.63) is 18.2 Å². The number of nitrogens with one attached hydrogen (secondary N) is 1. The molecule has 0 bridgehead atoms. The molecule has 1 amide bonds. The third-order valence-electron chi connectivity index (χ3n) is 3.48. The van der Waals surface area contributed by atoms with E-state index in [1.54, 1.807) is 25.3 Å². The molecule has 3 N–H and O–H groups in total. The van der Waals surface area contributed by atoms with Gasteiger partial charge in [-0.3, -0.25) is 4.79 Å². The highest BCUT2D eigenvalue weighted by Crippen LogP contribution is 2.30. The van der Waals surface area contributed by atoms with Gasteiger partial charge in [0.25, 0.3) is 0 Å². The number of nitrogen functional groups attached to an aromatic ring is 1. The maximum absolute atomic E-state index is 11.9. The highest BCUT2D eigenvalue weighted by molar-refractivity contribution is 7.99. The molecule has 5 heteroatoms. The lowest BCUT2D eigenvalue weighted by Crippen LogP contribution is -2.13. The van der Waals surface area contributed by atoms with Crippen LogP contribution in [0.2, 0.25) is 0 Å². The molecule has 0 saturated heterocycles. The number of ether oxygens (including phenoxy) is 1. The van der Waals surface area contributed by atoms with Crippen molar-refractivity contribution in [3.63, 3.8) is 0 Å². The first-order valence-corrected chi connectivity index (χ1v) is 8.09. The number of thioether (sulfide) groups is 1. The summed E-state index contributed by atoms with van der Waals surface area (Å²) in [6.45, 7) is 0. The van der Waals surface area contributed by atoms with Crippen molar-refractivity contribution in [1.29, 1.82) is 0 Å². The minimum absolute atomic E-state index is 0.0265. The third-order valence-corrected chi connectivity index (χ3v) is 4.87. The predicted molar refractivity (Wildman–Crippen MR) is 85.4 cm³/mol. The fourth-order valence-corrected chi connectivity index (χ4v) is 3.70. The Balaban J connectivity index is 1.78. The van der Waals surface area contributed by atoms with Crippen LogP contribution in [0.1, 0.15) is 32.1 Å². The molecule has 0 unspecified atom stereocenters. The van der Waals surface area contributed by atoms with Gasteiger partial charge in [0.05, 0.1) is 12.8 Å². The van der Waals surface area contributed by atoms with E-state index in [4.69, 9.17) is 10.5 Å². The van der Waals surface area contributed by atoms with Crippen LogP contribution in [0.5, 0.6) is 5.75 Å². The van der Waals surface area contributed by atoms with E-state index < -0.39 is 0 Å². The maximum Gasteiger partial charge on any atom is 0.225 e. The number of methoxy groups -OCH3 is 1. The topological polar surface area (TPSA) is 64.3 Å². The predicted octanol–water partition coefficient (Wildman–Crippen LogP) is 3.28. The molecule has 20 heavy (non-hydrogen) atoms. The van der Waals surface area contributed by atoms with Crippen molar-refractivity contribution < 1.29 is 9.53 Å². The number of carbonyl (C=O) groups is 1. The van der Waals surface area contributed by atoms with Gasteiger partial charge in [-0.05, 0) is 25.0 Å². The molecule has 1 fully saturated rings. The zero-order valence-corrected chi connectivity index (χ0v) is 12.7. The van der Waals surface area contributed by atoms with E-state index in [0.29, 0.717) is 23.5 Å². The summed E-state index contributed by atoms with van der Waals surface area (Å²) < 4.78 is 5.21. The van der Waals surface area contributed by atoms with E-state index in [2.05, 4.69) is 5.32 Å². The van der Waals surface area contributed by atoms with Gasteiger partial charge >= 0.3 is 0 Å². The average Bonchev–Trinajstić information content (AvgIpc) is 2.94. The Morgan fingerprint density at radius 3 is 2.90 bits per heavy atom. The lowest BCUT2D eigenvalue weighted by atomic mass is 10.2. The molecule has 4 nitrogen and oxygen atoms in total. The smallest absolute Gasteiger partial charge is 0.225 e. The molecule has 1 aromatic carbocycles. The molecule has 0 spiro atoms. The van der Waals surface area contributed by atoms with Crippen LogP contribution >= 0.6 is 11.8 Å². The quantitative estimate of drug-likeness (QED) is 0.790. The first-order chi connectivity index (χ1) is 9.69. The standard InChI is InChI=1S/C15H22N2O2S/c1-19-14-10-11(16)6-7-13(14)17-15(18)8-9-20-12-4-2-3-5-12/h6-7,10,12H,2-5,8-9,16H2,1H3,(H,17,18). The van der Waals surface area contributed by atoms with Crippen molar-refractivity contribution in [2.45, 2.75) is 37.4 Å². The Bertz CT molecular complexity index is 459. The van der Waals surface area contributed by atoms with Gasteiger partial charge in [-0.1, -0.05) is 12.8 Å². The van der Waals surface area contributed by atoms with E-state index in [9.17, 15) is 4.79 Å². The molecule has 1 aliphatic carbocycles. The fraction of sp³-hybridized carbons (Fsp3) is 0.533. The zero-order chi connectivity index (χ0) is 14.4. The highest BCUT2D eigenvalue weighted by Gasteiger charge is 2.15. The number of carbonyl (C=O) groups excluding carboxylic acids is 1. The van der Waals surface area contributed by atoms with Crippen LogP contribution < -0.4 is 15.8 Å². The molecule has 110 valence electrons. The Morgan fingerprint density at radius 2 is 2.20 bits per heavy atom. The molecule has 0 aromatic heterocycles. The molecular formula is C15H22N2O2S. The summed E-state index contributed by atoms with van der Waals surface area (Å²) in [5.74, 6) is 1.51. The summed E-state index contributed by atoms with van der Waals surface area (Å²) in [5, 5.41) is 3.64. The molecular weight excluding hydrogens is 272 g/mol. The number of anilines is 2.